The highest BCUT2D eigenvalue weighted by atomic mass is 16.5. The standard InChI is InChI=1S/C18H25NO2/c1-4-7-15(13-20-2)19-12-17-16-9-6-5-8-14(16)10-11-18(17)21-3/h5-6,8-11,15,19H,4,7,12-13H2,1-3H3. The van der Waals surface area contributed by atoms with Gasteiger partial charge in [0.05, 0.1) is 13.7 Å². The van der Waals surface area contributed by atoms with E-state index in [2.05, 4.69) is 42.6 Å². The summed E-state index contributed by atoms with van der Waals surface area (Å²) >= 11 is 0. The first-order valence-electron chi connectivity index (χ1n) is 7.57. The molecule has 0 aliphatic carbocycles. The van der Waals surface area contributed by atoms with Gasteiger partial charge in [-0.05, 0) is 23.3 Å². The molecule has 3 heteroatoms. The van der Waals surface area contributed by atoms with E-state index in [1.807, 2.05) is 6.07 Å². The number of ether oxygens (including phenoxy) is 2. The van der Waals surface area contributed by atoms with E-state index in [4.69, 9.17) is 9.47 Å². The Balaban J connectivity index is 2.23. The molecule has 0 fully saturated rings. The molecular weight excluding hydrogens is 262 g/mol. The van der Waals surface area contributed by atoms with Gasteiger partial charge in [-0.2, -0.15) is 0 Å². The minimum absolute atomic E-state index is 0.378. The van der Waals surface area contributed by atoms with E-state index >= 15 is 0 Å². The molecule has 114 valence electrons. The lowest BCUT2D eigenvalue weighted by Gasteiger charge is -2.19. The zero-order valence-electron chi connectivity index (χ0n) is 13.2. The summed E-state index contributed by atoms with van der Waals surface area (Å²) in [7, 11) is 3.48. The molecule has 0 spiro atoms. The molecular formula is C18H25NO2. The third-order valence-electron chi connectivity index (χ3n) is 3.79. The normalized spacial score (nSPS) is 12.5. The van der Waals surface area contributed by atoms with Crippen molar-refractivity contribution < 1.29 is 9.47 Å². The molecule has 0 amide bonds. The number of benzene rings is 2. The van der Waals surface area contributed by atoms with E-state index in [-0.39, 0.29) is 0 Å². The Morgan fingerprint density at radius 2 is 1.90 bits per heavy atom. The molecule has 3 nitrogen and oxygen atoms in total. The summed E-state index contributed by atoms with van der Waals surface area (Å²) in [6.45, 7) is 3.72. The van der Waals surface area contributed by atoms with Gasteiger partial charge >= 0.3 is 0 Å². The Morgan fingerprint density at radius 3 is 2.62 bits per heavy atom. The van der Waals surface area contributed by atoms with E-state index in [9.17, 15) is 0 Å². The van der Waals surface area contributed by atoms with Crippen LogP contribution in [0.2, 0.25) is 0 Å². The molecule has 0 aliphatic heterocycles. The zero-order valence-corrected chi connectivity index (χ0v) is 13.2. The number of hydrogen-bond acceptors (Lipinski definition) is 3. The van der Waals surface area contributed by atoms with Crippen molar-refractivity contribution in [2.45, 2.75) is 32.4 Å². The van der Waals surface area contributed by atoms with Crippen LogP contribution in [-0.2, 0) is 11.3 Å². The van der Waals surface area contributed by atoms with Gasteiger partial charge in [-0.25, -0.2) is 0 Å². The highest BCUT2D eigenvalue weighted by molar-refractivity contribution is 5.87. The monoisotopic (exact) mass is 287 g/mol. The lowest BCUT2D eigenvalue weighted by Crippen LogP contribution is -2.32. The van der Waals surface area contributed by atoms with Crippen molar-refractivity contribution in [1.82, 2.24) is 5.32 Å². The van der Waals surface area contributed by atoms with E-state index in [1.54, 1.807) is 14.2 Å². The first-order chi connectivity index (χ1) is 10.3. The van der Waals surface area contributed by atoms with E-state index in [0.29, 0.717) is 6.04 Å². The second-order valence-electron chi connectivity index (χ2n) is 5.29. The lowest BCUT2D eigenvalue weighted by atomic mass is 10.0. The summed E-state index contributed by atoms with van der Waals surface area (Å²) in [6, 6.07) is 13.0. The molecule has 0 bridgehead atoms. The summed E-state index contributed by atoms with van der Waals surface area (Å²) < 4.78 is 10.8. The maximum absolute atomic E-state index is 5.53. The molecule has 1 unspecified atom stereocenters. The summed E-state index contributed by atoms with van der Waals surface area (Å²) in [6.07, 6.45) is 2.26. The van der Waals surface area contributed by atoms with Gasteiger partial charge in [0, 0.05) is 25.3 Å². The number of methoxy groups -OCH3 is 2. The van der Waals surface area contributed by atoms with Crippen LogP contribution in [0.4, 0.5) is 0 Å². The Morgan fingerprint density at radius 1 is 1.10 bits per heavy atom. The molecule has 2 aromatic rings. The Bertz CT molecular complexity index is 562. The molecule has 0 aliphatic rings. The Kier molecular flexibility index (Phi) is 6.03. The minimum atomic E-state index is 0.378. The number of nitrogens with one attached hydrogen (secondary N) is 1. The average Bonchev–Trinajstić information content (AvgIpc) is 2.52. The third kappa shape index (κ3) is 3.96. The van der Waals surface area contributed by atoms with Crippen LogP contribution < -0.4 is 10.1 Å². The topological polar surface area (TPSA) is 30.5 Å². The summed E-state index contributed by atoms with van der Waals surface area (Å²) in [5, 5.41) is 6.09. The van der Waals surface area contributed by atoms with Gasteiger partial charge in [0.25, 0.3) is 0 Å². The van der Waals surface area contributed by atoms with E-state index < -0.39 is 0 Å². The van der Waals surface area contributed by atoms with Crippen LogP contribution in [0.15, 0.2) is 36.4 Å². The average molecular weight is 287 g/mol. The molecule has 0 aromatic heterocycles. The molecule has 0 radical (unpaired) electrons. The molecule has 1 N–H and O–H groups in total. The maximum atomic E-state index is 5.53. The largest absolute Gasteiger partial charge is 0.496 e. The van der Waals surface area contributed by atoms with Crippen molar-refractivity contribution in [1.29, 1.82) is 0 Å². The van der Waals surface area contributed by atoms with Gasteiger partial charge in [-0.15, -0.1) is 0 Å². The van der Waals surface area contributed by atoms with Crippen molar-refractivity contribution in [2.75, 3.05) is 20.8 Å². The van der Waals surface area contributed by atoms with Gasteiger partial charge in [-0.3, -0.25) is 0 Å². The van der Waals surface area contributed by atoms with Crippen LogP contribution >= 0.6 is 0 Å². The SMILES string of the molecule is CCCC(COC)NCc1c(OC)ccc2ccccc12. The lowest BCUT2D eigenvalue weighted by molar-refractivity contribution is 0.161. The van der Waals surface area contributed by atoms with Gasteiger partial charge < -0.3 is 14.8 Å². The van der Waals surface area contributed by atoms with Gasteiger partial charge in [0.2, 0.25) is 0 Å². The highest BCUT2D eigenvalue weighted by Crippen LogP contribution is 2.27. The summed E-state index contributed by atoms with van der Waals surface area (Å²) in [5.74, 6) is 0.939. The van der Waals surface area contributed by atoms with Crippen LogP contribution in [0.3, 0.4) is 0 Å². The smallest absolute Gasteiger partial charge is 0.123 e. The molecule has 21 heavy (non-hydrogen) atoms. The Labute approximate surface area is 127 Å². The predicted octanol–water partition coefficient (Wildman–Crippen LogP) is 3.75. The fourth-order valence-electron chi connectivity index (χ4n) is 2.73. The third-order valence-corrected chi connectivity index (χ3v) is 3.79. The van der Waals surface area contributed by atoms with Crippen molar-refractivity contribution in [3.05, 3.63) is 42.0 Å². The van der Waals surface area contributed by atoms with Crippen LogP contribution in [0, 0.1) is 0 Å². The molecule has 0 saturated heterocycles. The number of rotatable bonds is 8. The van der Waals surface area contributed by atoms with Gasteiger partial charge in [0.1, 0.15) is 5.75 Å². The highest BCUT2D eigenvalue weighted by Gasteiger charge is 2.11. The second kappa shape index (κ2) is 8.01. The second-order valence-corrected chi connectivity index (χ2v) is 5.29. The van der Waals surface area contributed by atoms with Crippen LogP contribution in [0.1, 0.15) is 25.3 Å². The van der Waals surface area contributed by atoms with Crippen molar-refractivity contribution >= 4 is 10.8 Å². The summed E-state index contributed by atoms with van der Waals surface area (Å²) in [5.41, 5.74) is 1.22. The van der Waals surface area contributed by atoms with Gasteiger partial charge in [-0.1, -0.05) is 43.7 Å². The van der Waals surface area contributed by atoms with Crippen molar-refractivity contribution in [3.8, 4) is 5.75 Å². The van der Waals surface area contributed by atoms with Crippen LogP contribution in [0.5, 0.6) is 5.75 Å². The zero-order chi connectivity index (χ0) is 15.1. The predicted molar refractivity (Wildman–Crippen MR) is 87.9 cm³/mol. The van der Waals surface area contributed by atoms with Crippen molar-refractivity contribution in [3.63, 3.8) is 0 Å². The fraction of sp³-hybridized carbons (Fsp3) is 0.444. The number of fused-ring (bicyclic) bond motifs is 1. The quantitative estimate of drug-likeness (QED) is 0.802. The Hall–Kier alpha value is -1.58. The van der Waals surface area contributed by atoms with Crippen LogP contribution in [-0.4, -0.2) is 26.9 Å². The molecule has 2 aromatic carbocycles. The first-order valence-corrected chi connectivity index (χ1v) is 7.57. The molecule has 2 rings (SSSR count). The first kappa shape index (κ1) is 15.8. The van der Waals surface area contributed by atoms with Crippen LogP contribution in [0.25, 0.3) is 10.8 Å². The molecule has 0 saturated carbocycles. The minimum Gasteiger partial charge on any atom is -0.496 e. The van der Waals surface area contributed by atoms with E-state index in [0.717, 1.165) is 31.7 Å². The molecule has 0 heterocycles. The van der Waals surface area contributed by atoms with E-state index in [1.165, 1.54) is 16.3 Å². The van der Waals surface area contributed by atoms with Gasteiger partial charge in [0.15, 0.2) is 0 Å². The number of hydrogen-bond donors (Lipinski definition) is 1. The van der Waals surface area contributed by atoms with Crippen molar-refractivity contribution in [2.24, 2.45) is 0 Å². The maximum Gasteiger partial charge on any atom is 0.123 e. The summed E-state index contributed by atoms with van der Waals surface area (Å²) in [4.78, 5) is 0. The molecule has 1 atom stereocenters. The fourth-order valence-corrected chi connectivity index (χ4v) is 2.73.